The summed E-state index contributed by atoms with van der Waals surface area (Å²) in [5.41, 5.74) is -2.58. The molecule has 2 aliphatic carbocycles. The van der Waals surface area contributed by atoms with Gasteiger partial charge in [0.25, 0.3) is 5.91 Å². The van der Waals surface area contributed by atoms with Gasteiger partial charge < -0.3 is 24.8 Å². The molecule has 0 radical (unpaired) electrons. The highest BCUT2D eigenvalue weighted by atomic mass is 32.2. The summed E-state index contributed by atoms with van der Waals surface area (Å²) in [6, 6.07) is 6.35. The molecule has 14 heteroatoms. The maximum atomic E-state index is 14.2. The van der Waals surface area contributed by atoms with Gasteiger partial charge >= 0.3 is 6.09 Å². The average molecular weight is 700 g/mol. The van der Waals surface area contributed by atoms with Gasteiger partial charge in [-0.05, 0) is 51.5 Å². The number of alkyl carbamates (subject to hydrolysis) is 1. The number of pyridine rings is 1. The van der Waals surface area contributed by atoms with Gasteiger partial charge in [-0.1, -0.05) is 45.0 Å². The Morgan fingerprint density at radius 2 is 1.80 bits per heavy atom. The van der Waals surface area contributed by atoms with E-state index >= 15 is 0 Å². The molecule has 5 atom stereocenters. The Hall–Kier alpha value is -3.91. The Bertz CT molecular complexity index is 1710. The van der Waals surface area contributed by atoms with Gasteiger partial charge in [-0.2, -0.15) is 0 Å². The molecule has 13 nitrogen and oxygen atoms in total. The molecule has 49 heavy (non-hydrogen) atoms. The Morgan fingerprint density at radius 3 is 2.37 bits per heavy atom. The number of carbonyl (C=O) groups is 3. The third-order valence-corrected chi connectivity index (χ3v) is 11.1. The first kappa shape index (κ1) is 36.4. The Balaban J connectivity index is 1.41. The lowest BCUT2D eigenvalue weighted by atomic mass is 9.86. The summed E-state index contributed by atoms with van der Waals surface area (Å²) < 4.78 is 45.0. The molecule has 5 rings (SSSR count). The second-order valence-corrected chi connectivity index (χ2v) is 17.3. The summed E-state index contributed by atoms with van der Waals surface area (Å²) in [4.78, 5) is 47.0. The minimum absolute atomic E-state index is 0.230. The van der Waals surface area contributed by atoms with E-state index in [0.717, 1.165) is 10.8 Å². The van der Waals surface area contributed by atoms with E-state index in [1.54, 1.807) is 40.2 Å². The van der Waals surface area contributed by atoms with Crippen LogP contribution in [0.5, 0.6) is 11.6 Å². The van der Waals surface area contributed by atoms with Crippen LogP contribution in [0.4, 0.5) is 4.79 Å². The van der Waals surface area contributed by atoms with Gasteiger partial charge in [0.2, 0.25) is 21.8 Å². The number of hydrogen-bond donors (Lipinski definition) is 3. The predicted octanol–water partition coefficient (Wildman–Crippen LogP) is 3.67. The second-order valence-electron chi connectivity index (χ2n) is 15.4. The van der Waals surface area contributed by atoms with E-state index < -0.39 is 73.8 Å². The van der Waals surface area contributed by atoms with Crippen molar-refractivity contribution in [3.8, 4) is 11.6 Å². The van der Waals surface area contributed by atoms with E-state index in [4.69, 9.17) is 14.2 Å². The number of rotatable bonds is 12. The van der Waals surface area contributed by atoms with Crippen molar-refractivity contribution in [2.75, 3.05) is 20.2 Å². The zero-order valence-corrected chi connectivity index (χ0v) is 30.2. The number of hydrogen-bond acceptors (Lipinski definition) is 10. The number of carbonyl (C=O) groups excluding carboxylic acids is 3. The topological polar surface area (TPSA) is 165 Å². The minimum Gasteiger partial charge on any atom is -0.494 e. The first-order chi connectivity index (χ1) is 22.9. The molecule has 268 valence electrons. The molecule has 3 amide bonds. The molecule has 0 bridgehead atoms. The Labute approximate surface area is 288 Å². The highest BCUT2D eigenvalue weighted by Gasteiger charge is 2.61. The van der Waals surface area contributed by atoms with Crippen LogP contribution in [0, 0.1) is 11.3 Å². The van der Waals surface area contributed by atoms with Gasteiger partial charge in [0.05, 0.1) is 24.6 Å². The molecule has 0 unspecified atom stereocenters. The van der Waals surface area contributed by atoms with E-state index in [2.05, 4.69) is 26.9 Å². The molecular formula is C35H49N5O8S. The molecule has 3 N–H and O–H groups in total. The molecular weight excluding hydrogens is 650 g/mol. The molecule has 1 aliphatic heterocycles. The molecule has 2 saturated carbocycles. The number of methoxy groups -OCH3 is 1. The fourth-order valence-corrected chi connectivity index (χ4v) is 7.58. The number of aromatic nitrogens is 1. The minimum atomic E-state index is -3.83. The van der Waals surface area contributed by atoms with Crippen molar-refractivity contribution >= 4 is 38.7 Å². The van der Waals surface area contributed by atoms with Crippen LogP contribution in [-0.2, 0) is 24.3 Å². The summed E-state index contributed by atoms with van der Waals surface area (Å²) in [6.07, 6.45) is 3.55. The molecule has 3 fully saturated rings. The average Bonchev–Trinajstić information content (AvgIpc) is 3.93. The normalized spacial score (nSPS) is 24.8. The van der Waals surface area contributed by atoms with Gasteiger partial charge in [-0.3, -0.25) is 19.2 Å². The largest absolute Gasteiger partial charge is 0.494 e. The fourth-order valence-electron chi connectivity index (χ4n) is 6.22. The lowest BCUT2D eigenvalue weighted by Crippen LogP contribution is -2.58. The molecule has 0 spiro atoms. The van der Waals surface area contributed by atoms with Crippen LogP contribution in [-0.4, -0.2) is 91.0 Å². The van der Waals surface area contributed by atoms with Crippen LogP contribution in [0.1, 0.15) is 67.2 Å². The van der Waals surface area contributed by atoms with Gasteiger partial charge in [0, 0.05) is 42.2 Å². The second kappa shape index (κ2) is 13.4. The number of ether oxygens (including phenoxy) is 3. The quantitative estimate of drug-likeness (QED) is 0.279. The number of fused-ring (bicyclic) bond motifs is 1. The van der Waals surface area contributed by atoms with Crippen molar-refractivity contribution in [2.24, 2.45) is 11.3 Å². The molecule has 2 heterocycles. The molecule has 2 aromatic rings. The van der Waals surface area contributed by atoms with Crippen LogP contribution in [0.15, 0.2) is 43.1 Å². The van der Waals surface area contributed by atoms with Gasteiger partial charge in [-0.25, -0.2) is 18.2 Å². The maximum Gasteiger partial charge on any atom is 0.407 e. The van der Waals surface area contributed by atoms with Gasteiger partial charge in [-0.15, -0.1) is 6.58 Å². The summed E-state index contributed by atoms with van der Waals surface area (Å²) in [5, 5.41) is 6.88. The van der Waals surface area contributed by atoms with Crippen molar-refractivity contribution in [3.63, 3.8) is 0 Å². The Morgan fingerprint density at radius 1 is 1.12 bits per heavy atom. The first-order valence-electron chi connectivity index (χ1n) is 16.7. The summed E-state index contributed by atoms with van der Waals surface area (Å²) in [7, 11) is -2.26. The smallest absolute Gasteiger partial charge is 0.407 e. The summed E-state index contributed by atoms with van der Waals surface area (Å²) >= 11 is 0. The first-order valence-corrected chi connectivity index (χ1v) is 18.2. The maximum absolute atomic E-state index is 14.2. The van der Waals surface area contributed by atoms with Gasteiger partial charge in [0.15, 0.2) is 0 Å². The van der Waals surface area contributed by atoms with E-state index in [1.165, 1.54) is 0 Å². The summed E-state index contributed by atoms with van der Waals surface area (Å²) in [6.45, 7) is 15.7. The lowest BCUT2D eigenvalue weighted by molar-refractivity contribution is -0.132. The van der Waals surface area contributed by atoms with E-state index in [0.29, 0.717) is 31.0 Å². The molecule has 1 saturated heterocycles. The number of likely N-dealkylation sites (tertiary alicyclic amines) is 1. The summed E-state index contributed by atoms with van der Waals surface area (Å²) in [5.74, 6) is -0.659. The van der Waals surface area contributed by atoms with E-state index in [1.807, 2.05) is 49.9 Å². The zero-order chi connectivity index (χ0) is 35.9. The highest BCUT2D eigenvalue weighted by Crippen LogP contribution is 2.45. The van der Waals surface area contributed by atoms with Crippen molar-refractivity contribution in [1.29, 1.82) is 0 Å². The van der Waals surface area contributed by atoms with Crippen molar-refractivity contribution in [2.45, 2.75) is 102 Å². The third kappa shape index (κ3) is 8.29. The standard InChI is InChI=1S/C35H49N5O8S/c1-9-21-17-35(21,31(42)39-49(44,45)23-14-15-23)38-29(41)26-16-22(47-30-25-13-11-10-12-24(25)27(46-8)18-36-30)19-40(26)20-28(33(2,3)4)37-32(43)48-34(5,6)7/h9-13,18,21-23,26,28H,1,14-17,19-20H2,2-8H3,(H,37,43)(H,38,41)(H,39,42)/t21-,22-,26+,28-,35-/m1/s1. The zero-order valence-electron chi connectivity index (χ0n) is 29.4. The van der Waals surface area contributed by atoms with Crippen LogP contribution >= 0.6 is 0 Å². The monoisotopic (exact) mass is 699 g/mol. The fraction of sp³-hybridized carbons (Fsp3) is 0.600. The number of amides is 3. The molecule has 1 aromatic heterocycles. The third-order valence-electron chi connectivity index (χ3n) is 9.29. The van der Waals surface area contributed by atoms with E-state index in [-0.39, 0.29) is 19.4 Å². The van der Waals surface area contributed by atoms with Crippen molar-refractivity contribution in [3.05, 3.63) is 43.1 Å². The SMILES string of the molecule is C=C[C@@H]1C[C@]1(NC(=O)[C@@H]1C[C@@H](Oc2ncc(OC)c3ccccc23)CN1C[C@@H](NC(=O)OC(C)(C)C)C(C)(C)C)C(=O)NS(=O)(=O)C1CC1. The number of benzene rings is 1. The predicted molar refractivity (Wildman–Crippen MR) is 185 cm³/mol. The van der Waals surface area contributed by atoms with Crippen LogP contribution in [0.3, 0.4) is 0 Å². The number of nitrogens with zero attached hydrogens (tertiary/aromatic N) is 2. The van der Waals surface area contributed by atoms with Crippen LogP contribution in [0.2, 0.25) is 0 Å². The van der Waals surface area contributed by atoms with Crippen molar-refractivity contribution < 1.29 is 37.0 Å². The Kier molecular flexibility index (Phi) is 9.97. The highest BCUT2D eigenvalue weighted by molar-refractivity contribution is 7.91. The van der Waals surface area contributed by atoms with Crippen molar-refractivity contribution in [1.82, 2.24) is 25.2 Å². The molecule has 1 aromatic carbocycles. The lowest BCUT2D eigenvalue weighted by Gasteiger charge is -2.36. The number of nitrogens with one attached hydrogen (secondary N) is 3. The van der Waals surface area contributed by atoms with Gasteiger partial charge in [0.1, 0.15) is 23.0 Å². The van der Waals surface area contributed by atoms with Crippen LogP contribution < -0.4 is 24.8 Å². The van der Waals surface area contributed by atoms with Crippen LogP contribution in [0.25, 0.3) is 10.8 Å². The number of sulfonamides is 1. The van der Waals surface area contributed by atoms with E-state index in [9.17, 15) is 22.8 Å². The molecule has 3 aliphatic rings.